The number of aliphatic hydroxyl groups is 1. The molecule has 0 bridgehead atoms. The Kier molecular flexibility index (Phi) is 6.91. The first kappa shape index (κ1) is 21.4. The van der Waals surface area contributed by atoms with Crippen molar-refractivity contribution < 1.29 is 23.1 Å². The van der Waals surface area contributed by atoms with Gasteiger partial charge in [0.05, 0.1) is 30.6 Å². The molecule has 1 unspecified atom stereocenters. The van der Waals surface area contributed by atoms with Gasteiger partial charge in [-0.15, -0.1) is 0 Å². The van der Waals surface area contributed by atoms with Gasteiger partial charge in [-0.1, -0.05) is 34.5 Å². The van der Waals surface area contributed by atoms with Gasteiger partial charge in [-0.25, -0.2) is 8.42 Å². The fourth-order valence-electron chi connectivity index (χ4n) is 3.56. The van der Waals surface area contributed by atoms with Crippen molar-refractivity contribution in [3.8, 4) is 0 Å². The summed E-state index contributed by atoms with van der Waals surface area (Å²) in [6.45, 7) is 1.55. The number of aliphatic hydroxyl groups excluding tert-OH is 1. The predicted molar refractivity (Wildman–Crippen MR) is 105 cm³/mol. The molecule has 0 saturated heterocycles. The van der Waals surface area contributed by atoms with E-state index in [1.54, 1.807) is 0 Å². The Balaban J connectivity index is 2.06. The lowest BCUT2D eigenvalue weighted by Crippen LogP contribution is -2.34. The molecular weight excluding hydrogens is 420 g/mol. The summed E-state index contributed by atoms with van der Waals surface area (Å²) < 4.78 is 30.0. The topological polar surface area (TPSA) is 80.7 Å². The van der Waals surface area contributed by atoms with E-state index in [1.165, 1.54) is 7.11 Å². The Hall–Kier alpha value is -0.920. The molecule has 5 nitrogen and oxygen atoms in total. The van der Waals surface area contributed by atoms with E-state index in [9.17, 15) is 13.2 Å². The predicted octanol–water partition coefficient (Wildman–Crippen LogP) is 3.24. The third-order valence-corrected chi connectivity index (χ3v) is 7.72. The van der Waals surface area contributed by atoms with Gasteiger partial charge in [-0.3, -0.25) is 4.79 Å². The molecule has 0 radical (unpaired) electrons. The van der Waals surface area contributed by atoms with Gasteiger partial charge in [0, 0.05) is 4.47 Å². The average molecular weight is 447 g/mol. The smallest absolute Gasteiger partial charge is 0.315 e. The number of benzene rings is 1. The van der Waals surface area contributed by atoms with Crippen LogP contribution >= 0.6 is 15.9 Å². The molecule has 1 aromatic rings. The molecule has 1 fully saturated rings. The molecule has 0 heterocycles. The second-order valence-corrected chi connectivity index (χ2v) is 10.6. The average Bonchev–Trinajstić information content (AvgIpc) is 3.32. The van der Waals surface area contributed by atoms with Crippen LogP contribution < -0.4 is 0 Å². The highest BCUT2D eigenvalue weighted by atomic mass is 79.9. The molecule has 0 aromatic heterocycles. The minimum absolute atomic E-state index is 0.131. The van der Waals surface area contributed by atoms with Crippen LogP contribution in [0.2, 0.25) is 0 Å². The number of esters is 1. The molecule has 1 aliphatic carbocycles. The van der Waals surface area contributed by atoms with Gasteiger partial charge >= 0.3 is 5.97 Å². The molecule has 146 valence electrons. The van der Waals surface area contributed by atoms with Crippen LogP contribution in [0.15, 0.2) is 28.7 Å². The summed E-state index contributed by atoms with van der Waals surface area (Å²) >= 11 is 3.44. The number of carbonyl (C=O) groups is 1. The van der Waals surface area contributed by atoms with Crippen molar-refractivity contribution in [1.82, 2.24) is 0 Å². The number of rotatable bonds is 10. The van der Waals surface area contributed by atoms with E-state index in [0.29, 0.717) is 6.42 Å². The van der Waals surface area contributed by atoms with Crippen molar-refractivity contribution in [2.75, 3.05) is 25.2 Å². The zero-order valence-corrected chi connectivity index (χ0v) is 17.7. The summed E-state index contributed by atoms with van der Waals surface area (Å²) in [5, 5.41) is 8.90. The summed E-state index contributed by atoms with van der Waals surface area (Å²) in [6, 6.07) is 7.65. The number of sulfone groups is 1. The van der Waals surface area contributed by atoms with Gasteiger partial charge in [0.2, 0.25) is 0 Å². The van der Waals surface area contributed by atoms with E-state index in [4.69, 9.17) is 9.84 Å². The zero-order valence-electron chi connectivity index (χ0n) is 15.3. The van der Waals surface area contributed by atoms with E-state index < -0.39 is 15.3 Å². The molecule has 7 heteroatoms. The largest absolute Gasteiger partial charge is 0.468 e. The first-order valence-electron chi connectivity index (χ1n) is 8.82. The SMILES string of the molecule is COC(=O)C(C)(CCCC1(CS(=O)(=O)CCO)CC1)c1cccc(Br)c1. The lowest BCUT2D eigenvalue weighted by Gasteiger charge is -2.28. The van der Waals surface area contributed by atoms with Crippen molar-refractivity contribution >= 4 is 31.7 Å². The normalized spacial score (nSPS) is 18.2. The molecule has 1 saturated carbocycles. The van der Waals surface area contributed by atoms with Crippen LogP contribution in [-0.2, 0) is 24.8 Å². The summed E-state index contributed by atoms with van der Waals surface area (Å²) in [6.07, 6.45) is 3.88. The van der Waals surface area contributed by atoms with Gasteiger partial charge < -0.3 is 9.84 Å². The first-order chi connectivity index (χ1) is 12.2. The molecule has 26 heavy (non-hydrogen) atoms. The third kappa shape index (κ3) is 5.30. The number of ether oxygens (including phenoxy) is 1. The lowest BCUT2D eigenvalue weighted by atomic mass is 9.77. The Labute approximate surface area is 164 Å². The van der Waals surface area contributed by atoms with Crippen molar-refractivity contribution in [1.29, 1.82) is 0 Å². The zero-order chi connectivity index (χ0) is 19.4. The van der Waals surface area contributed by atoms with Crippen LogP contribution in [0.4, 0.5) is 0 Å². The van der Waals surface area contributed by atoms with Gasteiger partial charge in [0.15, 0.2) is 9.84 Å². The quantitative estimate of drug-likeness (QED) is 0.557. The Morgan fingerprint density at radius 1 is 1.38 bits per heavy atom. The number of halogens is 1. The third-order valence-electron chi connectivity index (χ3n) is 5.37. The maximum Gasteiger partial charge on any atom is 0.315 e. The number of carbonyl (C=O) groups excluding carboxylic acids is 1. The molecule has 1 aromatic carbocycles. The summed E-state index contributed by atoms with van der Waals surface area (Å²) in [7, 11) is -1.83. The summed E-state index contributed by atoms with van der Waals surface area (Å²) in [5.74, 6) is -0.327. The molecule has 1 N–H and O–H groups in total. The second-order valence-electron chi connectivity index (χ2n) is 7.50. The molecule has 0 spiro atoms. The molecule has 1 atom stereocenters. The maximum absolute atomic E-state index is 12.5. The van der Waals surface area contributed by atoms with Crippen LogP contribution in [0, 0.1) is 5.41 Å². The fourth-order valence-corrected chi connectivity index (χ4v) is 5.75. The van der Waals surface area contributed by atoms with E-state index in [-0.39, 0.29) is 29.5 Å². The molecule has 1 aliphatic rings. The lowest BCUT2D eigenvalue weighted by molar-refractivity contribution is -0.147. The van der Waals surface area contributed by atoms with E-state index in [1.807, 2.05) is 31.2 Å². The highest BCUT2D eigenvalue weighted by Crippen LogP contribution is 2.51. The Morgan fingerprint density at radius 2 is 2.08 bits per heavy atom. The van der Waals surface area contributed by atoms with Crippen molar-refractivity contribution in [2.45, 2.75) is 44.4 Å². The number of methoxy groups -OCH3 is 1. The van der Waals surface area contributed by atoms with Gasteiger partial charge in [-0.05, 0) is 55.7 Å². The van der Waals surface area contributed by atoms with Crippen LogP contribution in [0.3, 0.4) is 0 Å². The molecule has 0 aliphatic heterocycles. The van der Waals surface area contributed by atoms with Crippen LogP contribution in [0.25, 0.3) is 0 Å². The van der Waals surface area contributed by atoms with E-state index in [0.717, 1.165) is 35.7 Å². The Morgan fingerprint density at radius 3 is 2.62 bits per heavy atom. The van der Waals surface area contributed by atoms with Crippen molar-refractivity contribution in [3.63, 3.8) is 0 Å². The van der Waals surface area contributed by atoms with Gasteiger partial charge in [-0.2, -0.15) is 0 Å². The van der Waals surface area contributed by atoms with Crippen LogP contribution in [0.1, 0.15) is 44.6 Å². The van der Waals surface area contributed by atoms with Gasteiger partial charge in [0.1, 0.15) is 0 Å². The highest BCUT2D eigenvalue weighted by Gasteiger charge is 2.46. The second kappa shape index (κ2) is 8.40. The monoisotopic (exact) mass is 446 g/mol. The summed E-state index contributed by atoms with van der Waals surface area (Å²) in [5.41, 5.74) is -0.0579. The highest BCUT2D eigenvalue weighted by molar-refractivity contribution is 9.10. The minimum Gasteiger partial charge on any atom is -0.468 e. The summed E-state index contributed by atoms with van der Waals surface area (Å²) in [4.78, 5) is 12.5. The number of hydrogen-bond donors (Lipinski definition) is 1. The van der Waals surface area contributed by atoms with Crippen molar-refractivity contribution in [2.24, 2.45) is 5.41 Å². The van der Waals surface area contributed by atoms with Gasteiger partial charge in [0.25, 0.3) is 0 Å². The first-order valence-corrected chi connectivity index (χ1v) is 11.4. The van der Waals surface area contributed by atoms with Crippen LogP contribution in [-0.4, -0.2) is 44.7 Å². The standard InChI is InChI=1S/C19H27BrO5S/c1-18(17(22)25-2,15-5-3-6-16(20)13-15)7-4-8-19(9-10-19)14-26(23,24)12-11-21/h3,5-6,13,21H,4,7-12,14H2,1-2H3. The molecular formula is C19H27BrO5S. The Bertz CT molecular complexity index is 742. The van der Waals surface area contributed by atoms with Crippen molar-refractivity contribution in [3.05, 3.63) is 34.3 Å². The molecule has 0 amide bonds. The number of hydrogen-bond acceptors (Lipinski definition) is 5. The minimum atomic E-state index is -3.22. The van der Waals surface area contributed by atoms with E-state index in [2.05, 4.69) is 15.9 Å². The van der Waals surface area contributed by atoms with E-state index >= 15 is 0 Å². The maximum atomic E-state index is 12.5. The van der Waals surface area contributed by atoms with Crippen LogP contribution in [0.5, 0.6) is 0 Å². The fraction of sp³-hybridized carbons (Fsp3) is 0.632. The molecule has 2 rings (SSSR count).